The number of hydrogen-bond donors (Lipinski definition) is 0. The van der Waals surface area contributed by atoms with E-state index in [-0.39, 0.29) is 17.1 Å². The minimum atomic E-state index is -3.03. The van der Waals surface area contributed by atoms with Crippen molar-refractivity contribution in [3.8, 4) is 0 Å². The first-order valence-electron chi connectivity index (χ1n) is 5.42. The van der Waals surface area contributed by atoms with E-state index in [1.54, 1.807) is 0 Å². The third kappa shape index (κ3) is 3.56. The summed E-state index contributed by atoms with van der Waals surface area (Å²) >= 11 is 0. The topological polar surface area (TPSA) is 65.2 Å². The summed E-state index contributed by atoms with van der Waals surface area (Å²) in [5.74, 6) is -1.11. The predicted molar refractivity (Wildman–Crippen MR) is 58.2 cm³/mol. The second-order valence-corrected chi connectivity index (χ2v) is 4.97. The molecule has 1 aromatic rings. The second-order valence-electron chi connectivity index (χ2n) is 4.97. The highest BCUT2D eigenvalue weighted by atomic mass is 19.3. The Bertz CT molecular complexity index is 413. The first kappa shape index (κ1) is 14.7. The second kappa shape index (κ2) is 5.51. The first-order valence-corrected chi connectivity index (χ1v) is 5.42. The Labute approximate surface area is 104 Å². The van der Waals surface area contributed by atoms with Gasteiger partial charge in [-0.1, -0.05) is 25.9 Å². The molecule has 7 heteroatoms. The molecule has 1 atom stereocenters. The molecule has 0 aliphatic heterocycles. The van der Waals surface area contributed by atoms with Gasteiger partial charge in [0.05, 0.1) is 6.42 Å². The lowest BCUT2D eigenvalue weighted by molar-refractivity contribution is -0.129. The zero-order chi connectivity index (χ0) is 13.9. The van der Waals surface area contributed by atoms with Gasteiger partial charge in [-0.3, -0.25) is 4.79 Å². The van der Waals surface area contributed by atoms with Crippen LogP contribution < -0.4 is 0 Å². The zero-order valence-corrected chi connectivity index (χ0v) is 10.7. The van der Waals surface area contributed by atoms with Crippen LogP contribution in [0.1, 0.15) is 38.6 Å². The van der Waals surface area contributed by atoms with Crippen LogP contribution in [0.4, 0.5) is 8.78 Å². The van der Waals surface area contributed by atoms with Gasteiger partial charge in [0.25, 0.3) is 6.43 Å². The summed E-state index contributed by atoms with van der Waals surface area (Å²) in [7, 11) is 1.50. The predicted octanol–water partition coefficient (Wildman–Crippen LogP) is 2.18. The van der Waals surface area contributed by atoms with Crippen molar-refractivity contribution in [2.45, 2.75) is 39.7 Å². The van der Waals surface area contributed by atoms with Crippen LogP contribution in [0.5, 0.6) is 0 Å². The van der Waals surface area contributed by atoms with E-state index in [1.165, 1.54) is 7.11 Å². The Balaban J connectivity index is 2.82. The molecule has 0 saturated heterocycles. The molecule has 1 rings (SSSR count). The van der Waals surface area contributed by atoms with E-state index in [2.05, 4.69) is 10.1 Å². The lowest BCUT2D eigenvalue weighted by Crippen LogP contribution is -2.21. The van der Waals surface area contributed by atoms with Crippen molar-refractivity contribution >= 4 is 5.78 Å². The molecule has 0 aliphatic carbocycles. The number of halogens is 2. The van der Waals surface area contributed by atoms with E-state index in [0.29, 0.717) is 0 Å². The van der Waals surface area contributed by atoms with E-state index in [1.807, 2.05) is 20.8 Å². The molecule has 0 radical (unpaired) electrons. The van der Waals surface area contributed by atoms with E-state index in [4.69, 9.17) is 9.26 Å². The molecule has 0 N–H and O–H groups in total. The molecule has 0 saturated carbocycles. The number of carbonyl (C=O) groups is 1. The van der Waals surface area contributed by atoms with Gasteiger partial charge in [-0.15, -0.1) is 0 Å². The van der Waals surface area contributed by atoms with Crippen molar-refractivity contribution in [3.63, 3.8) is 0 Å². The Morgan fingerprint density at radius 1 is 1.44 bits per heavy atom. The smallest absolute Gasteiger partial charge is 0.296 e. The van der Waals surface area contributed by atoms with E-state index in [9.17, 15) is 13.6 Å². The van der Waals surface area contributed by atoms with Crippen LogP contribution in [0, 0.1) is 5.41 Å². The van der Waals surface area contributed by atoms with Crippen molar-refractivity contribution in [1.29, 1.82) is 0 Å². The Kier molecular flexibility index (Phi) is 4.50. The Morgan fingerprint density at radius 3 is 2.50 bits per heavy atom. The fraction of sp³-hybridized carbons (Fsp3) is 0.727. The monoisotopic (exact) mass is 262 g/mol. The van der Waals surface area contributed by atoms with Crippen molar-refractivity contribution < 1.29 is 22.8 Å². The van der Waals surface area contributed by atoms with Crippen LogP contribution in [0.2, 0.25) is 0 Å². The molecule has 0 fully saturated rings. The molecule has 1 heterocycles. The average Bonchev–Trinajstić information content (AvgIpc) is 2.64. The van der Waals surface area contributed by atoms with Gasteiger partial charge in [-0.25, -0.2) is 8.78 Å². The number of rotatable bonds is 5. The van der Waals surface area contributed by atoms with Crippen LogP contribution in [-0.4, -0.2) is 29.5 Å². The van der Waals surface area contributed by atoms with Crippen molar-refractivity contribution in [2.24, 2.45) is 5.41 Å². The van der Waals surface area contributed by atoms with Gasteiger partial charge in [-0.2, -0.15) is 4.98 Å². The Morgan fingerprint density at radius 2 is 2.06 bits per heavy atom. The van der Waals surface area contributed by atoms with Gasteiger partial charge < -0.3 is 9.26 Å². The Hall–Kier alpha value is -1.37. The summed E-state index contributed by atoms with van der Waals surface area (Å²) in [4.78, 5) is 14.8. The molecule has 5 nitrogen and oxygen atoms in total. The van der Waals surface area contributed by atoms with Gasteiger partial charge >= 0.3 is 0 Å². The van der Waals surface area contributed by atoms with Gasteiger partial charge in [0.1, 0.15) is 6.10 Å². The molecular formula is C11H16F2N2O3. The minimum Gasteiger partial charge on any atom is -0.373 e. The fourth-order valence-corrected chi connectivity index (χ4v) is 1.52. The third-order valence-electron chi connectivity index (χ3n) is 2.31. The van der Waals surface area contributed by atoms with E-state index < -0.39 is 24.7 Å². The summed E-state index contributed by atoms with van der Waals surface area (Å²) in [5, 5.41) is 3.66. The molecule has 0 bridgehead atoms. The number of alkyl halides is 2. The fourth-order valence-electron chi connectivity index (χ4n) is 1.52. The summed E-state index contributed by atoms with van der Waals surface area (Å²) in [6.45, 7) is 5.75. The molecule has 18 heavy (non-hydrogen) atoms. The van der Waals surface area contributed by atoms with Gasteiger partial charge in [-0.05, 0) is 5.41 Å². The summed E-state index contributed by atoms with van der Waals surface area (Å²) in [6.07, 6.45) is -4.02. The molecule has 0 aliphatic rings. The summed E-state index contributed by atoms with van der Waals surface area (Å²) in [6, 6.07) is 0. The number of Topliss-reactive ketones (excluding diaryl/α,β-unsaturated/α-hetero) is 1. The summed E-state index contributed by atoms with van der Waals surface area (Å²) < 4.78 is 34.2. The molecular weight excluding hydrogens is 246 g/mol. The largest absolute Gasteiger partial charge is 0.373 e. The number of aromatic nitrogens is 2. The van der Waals surface area contributed by atoms with Crippen molar-refractivity contribution in [1.82, 2.24) is 10.1 Å². The maximum atomic E-state index is 12.1. The highest BCUT2D eigenvalue weighted by Crippen LogP contribution is 2.33. The molecule has 1 unspecified atom stereocenters. The molecule has 0 amide bonds. The highest BCUT2D eigenvalue weighted by molar-refractivity contribution is 5.82. The van der Waals surface area contributed by atoms with Crippen LogP contribution in [0.15, 0.2) is 4.52 Å². The highest BCUT2D eigenvalue weighted by Gasteiger charge is 2.31. The number of nitrogens with zero attached hydrogens (tertiary/aromatic N) is 2. The van der Waals surface area contributed by atoms with Gasteiger partial charge in [0.2, 0.25) is 17.5 Å². The number of methoxy groups -OCH3 is 1. The SMILES string of the molecule is COC(c1noc(CC(=O)C(F)F)n1)C(C)(C)C. The molecule has 0 aromatic carbocycles. The van der Waals surface area contributed by atoms with Crippen molar-refractivity contribution in [3.05, 3.63) is 11.7 Å². The molecule has 1 aromatic heterocycles. The number of ether oxygens (including phenoxy) is 1. The van der Waals surface area contributed by atoms with Crippen LogP contribution >= 0.6 is 0 Å². The number of hydrogen-bond acceptors (Lipinski definition) is 5. The average molecular weight is 262 g/mol. The van der Waals surface area contributed by atoms with Crippen LogP contribution in [0.25, 0.3) is 0 Å². The zero-order valence-electron chi connectivity index (χ0n) is 10.7. The first-order chi connectivity index (χ1) is 8.25. The van der Waals surface area contributed by atoms with Crippen molar-refractivity contribution in [2.75, 3.05) is 7.11 Å². The van der Waals surface area contributed by atoms with Gasteiger partial charge in [0, 0.05) is 7.11 Å². The molecule has 102 valence electrons. The van der Waals surface area contributed by atoms with Crippen LogP contribution in [0.3, 0.4) is 0 Å². The minimum absolute atomic E-state index is 0.124. The standard InChI is InChI=1S/C11H16F2N2O3/c1-11(2,3)8(17-4)10-14-7(18-15-10)5-6(16)9(12)13/h8-9H,5H2,1-4H3. The van der Waals surface area contributed by atoms with Gasteiger partial charge in [0.15, 0.2) is 0 Å². The van der Waals surface area contributed by atoms with E-state index in [0.717, 1.165) is 0 Å². The maximum Gasteiger partial charge on any atom is 0.296 e. The number of ketones is 1. The summed E-state index contributed by atoms with van der Waals surface area (Å²) in [5.41, 5.74) is -0.275. The lowest BCUT2D eigenvalue weighted by atomic mass is 9.88. The number of carbonyl (C=O) groups excluding carboxylic acids is 1. The normalized spacial score (nSPS) is 13.9. The molecule has 0 spiro atoms. The van der Waals surface area contributed by atoms with Crippen LogP contribution in [-0.2, 0) is 16.0 Å². The quantitative estimate of drug-likeness (QED) is 0.813. The van der Waals surface area contributed by atoms with E-state index >= 15 is 0 Å². The lowest BCUT2D eigenvalue weighted by Gasteiger charge is -2.26. The third-order valence-corrected chi connectivity index (χ3v) is 2.31. The maximum absolute atomic E-state index is 12.1.